The maximum atomic E-state index is 12.4. The van der Waals surface area contributed by atoms with Crippen LogP contribution in [-0.4, -0.2) is 47.3 Å². The molecule has 108 valence electrons. The molecule has 1 aliphatic rings. The second-order valence-corrected chi connectivity index (χ2v) is 5.18. The highest BCUT2D eigenvalue weighted by Gasteiger charge is 2.37. The zero-order chi connectivity index (χ0) is 15.1. The second-order valence-electron chi connectivity index (χ2n) is 5.18. The van der Waals surface area contributed by atoms with E-state index in [1.807, 2.05) is 26.0 Å². The summed E-state index contributed by atoms with van der Waals surface area (Å²) in [6, 6.07) is 4.09. The maximum absolute atomic E-state index is 12.4. The lowest BCUT2D eigenvalue weighted by atomic mass is 10.1. The van der Waals surface area contributed by atoms with Gasteiger partial charge in [-0.15, -0.1) is 0 Å². The van der Waals surface area contributed by atoms with Crippen molar-refractivity contribution >= 4 is 11.8 Å². The Kier molecular flexibility index (Phi) is 5.99. The predicted molar refractivity (Wildman–Crippen MR) is 72.0 cm³/mol. The predicted octanol–water partition coefficient (Wildman–Crippen LogP) is 0.899. The third kappa shape index (κ3) is 3.96. The smallest absolute Gasteiger partial charge is 0.228 e. The molecular weight excluding hydrogens is 256 g/mol. The quantitative estimate of drug-likeness (QED) is 0.721. The monoisotopic (exact) mass is 276 g/mol. The number of carbonyl (C=O) groups is 2. The second kappa shape index (κ2) is 7.49. The normalized spacial score (nSPS) is 17.9. The van der Waals surface area contributed by atoms with Gasteiger partial charge in [0.25, 0.3) is 0 Å². The SMILES string of the molecule is CC(C)N1C[C@H](C(=O)N(CCC#N)CCC#N)CC1=O. The molecule has 0 bridgehead atoms. The van der Waals surface area contributed by atoms with Gasteiger partial charge in [-0.25, -0.2) is 0 Å². The van der Waals surface area contributed by atoms with Crippen LogP contribution < -0.4 is 0 Å². The van der Waals surface area contributed by atoms with Crippen LogP contribution in [0.15, 0.2) is 0 Å². The Bertz CT molecular complexity index is 429. The Hall–Kier alpha value is -2.08. The van der Waals surface area contributed by atoms with Crippen LogP contribution in [0.3, 0.4) is 0 Å². The molecule has 0 N–H and O–H groups in total. The number of hydrogen-bond acceptors (Lipinski definition) is 4. The summed E-state index contributed by atoms with van der Waals surface area (Å²) in [6.07, 6.45) is 0.712. The fourth-order valence-electron chi connectivity index (χ4n) is 2.36. The van der Waals surface area contributed by atoms with Crippen molar-refractivity contribution in [1.29, 1.82) is 10.5 Å². The van der Waals surface area contributed by atoms with Crippen molar-refractivity contribution in [3.8, 4) is 12.1 Å². The average Bonchev–Trinajstić information content (AvgIpc) is 2.80. The van der Waals surface area contributed by atoms with Gasteiger partial charge < -0.3 is 9.80 Å². The number of carbonyl (C=O) groups excluding carboxylic acids is 2. The molecule has 0 spiro atoms. The van der Waals surface area contributed by atoms with Gasteiger partial charge in [0, 0.05) is 32.1 Å². The van der Waals surface area contributed by atoms with E-state index in [2.05, 4.69) is 0 Å². The fourth-order valence-corrected chi connectivity index (χ4v) is 2.36. The Morgan fingerprint density at radius 3 is 2.30 bits per heavy atom. The summed E-state index contributed by atoms with van der Waals surface area (Å²) < 4.78 is 0. The molecule has 0 saturated carbocycles. The molecule has 1 heterocycles. The Labute approximate surface area is 119 Å². The van der Waals surface area contributed by atoms with E-state index < -0.39 is 0 Å². The number of likely N-dealkylation sites (tertiary alicyclic amines) is 1. The number of hydrogen-bond donors (Lipinski definition) is 0. The highest BCUT2D eigenvalue weighted by atomic mass is 16.2. The van der Waals surface area contributed by atoms with Crippen molar-refractivity contribution in [2.45, 2.75) is 39.2 Å². The van der Waals surface area contributed by atoms with Crippen LogP contribution in [-0.2, 0) is 9.59 Å². The first-order valence-corrected chi connectivity index (χ1v) is 6.83. The maximum Gasteiger partial charge on any atom is 0.228 e. The topological polar surface area (TPSA) is 88.2 Å². The van der Waals surface area contributed by atoms with Crippen molar-refractivity contribution in [1.82, 2.24) is 9.80 Å². The van der Waals surface area contributed by atoms with Gasteiger partial charge in [-0.05, 0) is 13.8 Å². The van der Waals surface area contributed by atoms with E-state index in [9.17, 15) is 9.59 Å². The van der Waals surface area contributed by atoms with E-state index in [1.54, 1.807) is 4.90 Å². The van der Waals surface area contributed by atoms with Gasteiger partial charge >= 0.3 is 0 Å². The minimum absolute atomic E-state index is 0.00105. The zero-order valence-electron chi connectivity index (χ0n) is 12.0. The third-order valence-electron chi connectivity index (χ3n) is 3.43. The average molecular weight is 276 g/mol. The molecule has 0 unspecified atom stereocenters. The highest BCUT2D eigenvalue weighted by molar-refractivity contribution is 5.89. The molecule has 1 rings (SSSR count). The molecule has 0 aromatic rings. The Morgan fingerprint density at radius 2 is 1.90 bits per heavy atom. The van der Waals surface area contributed by atoms with Crippen LogP contribution in [0.5, 0.6) is 0 Å². The Balaban J connectivity index is 2.68. The van der Waals surface area contributed by atoms with E-state index in [0.717, 1.165) is 0 Å². The summed E-state index contributed by atoms with van der Waals surface area (Å²) in [4.78, 5) is 27.5. The minimum Gasteiger partial charge on any atom is -0.340 e. The lowest BCUT2D eigenvalue weighted by Gasteiger charge is -2.25. The molecular formula is C14H20N4O2. The molecule has 1 atom stereocenters. The van der Waals surface area contributed by atoms with Crippen molar-refractivity contribution in [3.63, 3.8) is 0 Å². The molecule has 6 nitrogen and oxygen atoms in total. The largest absolute Gasteiger partial charge is 0.340 e. The molecule has 1 saturated heterocycles. The van der Waals surface area contributed by atoms with Gasteiger partial charge in [-0.1, -0.05) is 0 Å². The van der Waals surface area contributed by atoms with E-state index in [0.29, 0.717) is 19.6 Å². The van der Waals surface area contributed by atoms with E-state index >= 15 is 0 Å². The van der Waals surface area contributed by atoms with Crippen LogP contribution >= 0.6 is 0 Å². The fraction of sp³-hybridized carbons (Fsp3) is 0.714. The van der Waals surface area contributed by atoms with Crippen molar-refractivity contribution in [3.05, 3.63) is 0 Å². The van der Waals surface area contributed by atoms with Crippen LogP contribution in [0.4, 0.5) is 0 Å². The number of amides is 2. The highest BCUT2D eigenvalue weighted by Crippen LogP contribution is 2.22. The number of nitrogens with zero attached hydrogens (tertiary/aromatic N) is 4. The first-order chi connectivity index (χ1) is 9.51. The molecule has 1 aliphatic heterocycles. The summed E-state index contributed by atoms with van der Waals surface area (Å²) in [5, 5.41) is 17.3. The van der Waals surface area contributed by atoms with E-state index in [4.69, 9.17) is 10.5 Å². The summed E-state index contributed by atoms with van der Waals surface area (Å²) in [7, 11) is 0. The first kappa shape index (κ1) is 16.0. The summed E-state index contributed by atoms with van der Waals surface area (Å²) in [6.45, 7) is 4.93. The molecule has 0 aromatic carbocycles. The van der Waals surface area contributed by atoms with Gasteiger partial charge in [0.15, 0.2) is 0 Å². The standard InChI is InChI=1S/C14H20N4O2/c1-11(2)18-10-12(9-13(18)19)14(20)17(7-3-5-15)8-4-6-16/h11-12H,3-4,7-10H2,1-2H3/t12-/m1/s1. The summed E-state index contributed by atoms with van der Waals surface area (Å²) in [5.74, 6) is -0.465. The van der Waals surface area contributed by atoms with Gasteiger partial charge in [-0.2, -0.15) is 10.5 Å². The number of nitriles is 2. The van der Waals surface area contributed by atoms with Crippen LogP contribution in [0.2, 0.25) is 0 Å². The molecule has 6 heteroatoms. The molecule has 0 aliphatic carbocycles. The lowest BCUT2D eigenvalue weighted by molar-refractivity contribution is -0.135. The van der Waals surface area contributed by atoms with E-state index in [1.165, 1.54) is 4.90 Å². The molecule has 0 aromatic heterocycles. The first-order valence-electron chi connectivity index (χ1n) is 6.83. The number of rotatable bonds is 6. The van der Waals surface area contributed by atoms with Crippen molar-refractivity contribution < 1.29 is 9.59 Å². The third-order valence-corrected chi connectivity index (χ3v) is 3.43. The van der Waals surface area contributed by atoms with E-state index in [-0.39, 0.29) is 43.0 Å². The molecule has 20 heavy (non-hydrogen) atoms. The molecule has 2 amide bonds. The molecule has 0 radical (unpaired) electrons. The van der Waals surface area contributed by atoms with Crippen molar-refractivity contribution in [2.75, 3.05) is 19.6 Å². The molecule has 1 fully saturated rings. The lowest BCUT2D eigenvalue weighted by Crippen LogP contribution is -2.39. The van der Waals surface area contributed by atoms with Crippen LogP contribution in [0.25, 0.3) is 0 Å². The zero-order valence-corrected chi connectivity index (χ0v) is 12.0. The van der Waals surface area contributed by atoms with Crippen LogP contribution in [0, 0.1) is 28.6 Å². The minimum atomic E-state index is -0.345. The van der Waals surface area contributed by atoms with Crippen LogP contribution in [0.1, 0.15) is 33.1 Å². The van der Waals surface area contributed by atoms with Gasteiger partial charge in [0.1, 0.15) is 0 Å². The Morgan fingerprint density at radius 1 is 1.35 bits per heavy atom. The van der Waals surface area contributed by atoms with Gasteiger partial charge in [0.05, 0.1) is 30.9 Å². The summed E-state index contributed by atoms with van der Waals surface area (Å²) in [5.41, 5.74) is 0. The van der Waals surface area contributed by atoms with Crippen molar-refractivity contribution in [2.24, 2.45) is 5.92 Å². The van der Waals surface area contributed by atoms with Gasteiger partial charge in [0.2, 0.25) is 11.8 Å². The van der Waals surface area contributed by atoms with Gasteiger partial charge in [-0.3, -0.25) is 9.59 Å². The summed E-state index contributed by atoms with van der Waals surface area (Å²) >= 11 is 0.